The van der Waals surface area contributed by atoms with Gasteiger partial charge in [0.2, 0.25) is 5.75 Å². The van der Waals surface area contributed by atoms with Gasteiger partial charge in [0.15, 0.2) is 26.2 Å². The van der Waals surface area contributed by atoms with Crippen molar-refractivity contribution in [3.63, 3.8) is 0 Å². The van der Waals surface area contributed by atoms with E-state index in [1.54, 1.807) is 43.5 Å². The molecule has 7 heteroatoms. The van der Waals surface area contributed by atoms with Crippen LogP contribution in [0.25, 0.3) is 11.1 Å². The van der Waals surface area contributed by atoms with Gasteiger partial charge in [-0.1, -0.05) is 121 Å². The summed E-state index contributed by atoms with van der Waals surface area (Å²) < 4.78 is 24.3. The van der Waals surface area contributed by atoms with Crippen LogP contribution in [0.3, 0.4) is 0 Å². The van der Waals surface area contributed by atoms with E-state index in [2.05, 4.69) is 86.6 Å². The maximum atomic E-state index is 12.4. The summed E-state index contributed by atoms with van der Waals surface area (Å²) in [6, 6.07) is 63.8. The smallest absolute Gasteiger partial charge is 0.213 e. The number of benzene rings is 8. The van der Waals surface area contributed by atoms with Crippen molar-refractivity contribution >= 4 is 16.9 Å². The second kappa shape index (κ2) is 19.3. The third kappa shape index (κ3) is 9.85. The van der Waals surface area contributed by atoms with Crippen molar-refractivity contribution in [3.05, 3.63) is 217 Å². The molecule has 0 saturated heterocycles. The number of para-hydroxylation sites is 3. The van der Waals surface area contributed by atoms with Crippen molar-refractivity contribution in [1.82, 2.24) is 0 Å². The highest BCUT2D eigenvalue weighted by atomic mass is 32.2. The molecule has 292 valence electrons. The van der Waals surface area contributed by atoms with E-state index >= 15 is 0 Å². The molecular formula is C52H42O6S. The fourth-order valence-electron chi connectivity index (χ4n) is 6.64. The van der Waals surface area contributed by atoms with Crippen LogP contribution in [0.1, 0.15) is 21.5 Å². The predicted molar refractivity (Wildman–Crippen MR) is 233 cm³/mol. The number of hydrogen-bond donors (Lipinski definition) is 0. The maximum absolute atomic E-state index is 12.4. The van der Waals surface area contributed by atoms with Gasteiger partial charge in [-0.05, 0) is 97.3 Å². The topological polar surface area (TPSA) is 77.1 Å². The third-order valence-corrected chi connectivity index (χ3v) is 11.4. The van der Waals surface area contributed by atoms with Gasteiger partial charge in [-0.2, -0.15) is 0 Å². The first kappa shape index (κ1) is 40.0. The Labute approximate surface area is 348 Å². The summed E-state index contributed by atoms with van der Waals surface area (Å²) in [5, 5.41) is 12.4. The number of carboxylic acids is 1. The van der Waals surface area contributed by atoms with Crippen LogP contribution < -0.4 is 24.1 Å². The summed E-state index contributed by atoms with van der Waals surface area (Å²) in [6.07, 6.45) is 0. The molecule has 0 aromatic heterocycles. The average molecular weight is 795 g/mol. The second-order valence-corrected chi connectivity index (χ2v) is 15.4. The third-order valence-electron chi connectivity index (χ3n) is 9.21. The number of carboxylic acid groups (broad SMARTS) is 1. The molecule has 0 amide bonds. The Morgan fingerprint density at radius 1 is 0.458 bits per heavy atom. The van der Waals surface area contributed by atoms with E-state index in [0.29, 0.717) is 28.4 Å². The summed E-state index contributed by atoms with van der Waals surface area (Å²) in [4.78, 5) is 16.4. The number of methoxy groups -OCH3 is 1. The van der Waals surface area contributed by atoms with Crippen LogP contribution in [0, 0.1) is 13.8 Å². The van der Waals surface area contributed by atoms with Crippen molar-refractivity contribution in [1.29, 1.82) is 0 Å². The average Bonchev–Trinajstić information content (AvgIpc) is 3.27. The molecule has 0 spiro atoms. The highest BCUT2D eigenvalue weighted by molar-refractivity contribution is 7.97. The highest BCUT2D eigenvalue weighted by Crippen LogP contribution is 2.51. The van der Waals surface area contributed by atoms with Gasteiger partial charge in [0.05, 0.1) is 24.0 Å². The molecule has 6 nitrogen and oxygen atoms in total. The van der Waals surface area contributed by atoms with E-state index in [4.69, 9.17) is 18.9 Å². The molecule has 0 aliphatic heterocycles. The molecule has 8 aromatic rings. The van der Waals surface area contributed by atoms with E-state index < -0.39 is 5.97 Å². The molecule has 0 heterocycles. The molecule has 0 unspecified atom stereocenters. The zero-order valence-electron chi connectivity index (χ0n) is 32.9. The van der Waals surface area contributed by atoms with Gasteiger partial charge in [0.25, 0.3) is 0 Å². The van der Waals surface area contributed by atoms with Gasteiger partial charge in [0.1, 0.15) is 23.0 Å². The monoisotopic (exact) mass is 794 g/mol. The largest absolute Gasteiger partial charge is 0.545 e. The molecule has 0 aliphatic carbocycles. The minimum atomic E-state index is -1.36. The lowest BCUT2D eigenvalue weighted by molar-refractivity contribution is -0.255. The summed E-state index contributed by atoms with van der Waals surface area (Å²) in [5.41, 5.74) is 3.25. The van der Waals surface area contributed by atoms with E-state index in [9.17, 15) is 9.90 Å². The van der Waals surface area contributed by atoms with Gasteiger partial charge in [-0.3, -0.25) is 0 Å². The van der Waals surface area contributed by atoms with Crippen molar-refractivity contribution in [2.45, 2.75) is 28.5 Å². The van der Waals surface area contributed by atoms with Crippen LogP contribution in [0.15, 0.2) is 215 Å². The molecule has 0 atom stereocenters. The van der Waals surface area contributed by atoms with Crippen LogP contribution in [0.2, 0.25) is 0 Å². The maximum Gasteiger partial charge on any atom is 0.213 e. The van der Waals surface area contributed by atoms with Crippen LogP contribution in [0.4, 0.5) is 0 Å². The van der Waals surface area contributed by atoms with E-state index in [0.717, 1.165) is 5.75 Å². The lowest BCUT2D eigenvalue weighted by Gasteiger charge is -2.23. The zero-order valence-corrected chi connectivity index (χ0v) is 33.7. The van der Waals surface area contributed by atoms with Crippen LogP contribution >= 0.6 is 0 Å². The van der Waals surface area contributed by atoms with Crippen LogP contribution in [-0.4, -0.2) is 13.1 Å². The molecule has 0 aliphatic rings. The van der Waals surface area contributed by atoms with Gasteiger partial charge in [-0.15, -0.1) is 0 Å². The Balaban J connectivity index is 0.000000198. The summed E-state index contributed by atoms with van der Waals surface area (Å²) in [5.74, 6) is 1.78. The lowest BCUT2D eigenvalue weighted by atomic mass is 9.97. The number of ether oxygens (including phenoxy) is 4. The lowest BCUT2D eigenvalue weighted by Crippen LogP contribution is -2.23. The highest BCUT2D eigenvalue weighted by Gasteiger charge is 2.30. The van der Waals surface area contributed by atoms with Crippen molar-refractivity contribution in [3.8, 4) is 51.4 Å². The number of carbonyl (C=O) groups excluding carboxylic acids is 1. The fraction of sp³-hybridized carbons (Fsp3) is 0.0577. The first-order valence-electron chi connectivity index (χ1n) is 19.1. The molecule has 0 fully saturated rings. The summed E-state index contributed by atoms with van der Waals surface area (Å²) in [6.45, 7) is 4.24. The Hall–Kier alpha value is -7.22. The Morgan fingerprint density at radius 3 is 1.27 bits per heavy atom. The van der Waals surface area contributed by atoms with E-state index in [-0.39, 0.29) is 33.7 Å². The zero-order chi connectivity index (χ0) is 41.0. The van der Waals surface area contributed by atoms with E-state index in [1.807, 2.05) is 84.9 Å². The molecule has 8 rings (SSSR count). The second-order valence-electron chi connectivity index (χ2n) is 13.4. The van der Waals surface area contributed by atoms with Crippen molar-refractivity contribution in [2.24, 2.45) is 0 Å². The molecule has 0 saturated carbocycles. The summed E-state index contributed by atoms with van der Waals surface area (Å²) >= 11 is 0. The molecule has 8 aromatic carbocycles. The predicted octanol–water partition coefficient (Wildman–Crippen LogP) is 12.5. The van der Waals surface area contributed by atoms with Gasteiger partial charge < -0.3 is 28.8 Å². The Morgan fingerprint density at radius 2 is 0.847 bits per heavy atom. The van der Waals surface area contributed by atoms with Crippen LogP contribution in [-0.2, 0) is 10.9 Å². The Kier molecular flexibility index (Phi) is 13.1. The molecule has 0 radical (unpaired) electrons. The first-order chi connectivity index (χ1) is 28.9. The minimum absolute atomic E-state index is 0.0847. The molecule has 0 bridgehead atoms. The van der Waals surface area contributed by atoms with Gasteiger partial charge in [0, 0.05) is 23.3 Å². The number of rotatable bonds is 12. The van der Waals surface area contributed by atoms with Crippen LogP contribution in [0.5, 0.6) is 40.2 Å². The van der Waals surface area contributed by atoms with Gasteiger partial charge in [-0.25, -0.2) is 0 Å². The first-order valence-corrected chi connectivity index (χ1v) is 20.3. The molecule has 0 N–H and O–H groups in total. The number of carbonyl (C=O) groups is 1. The summed E-state index contributed by atoms with van der Waals surface area (Å²) in [7, 11) is 1.64. The van der Waals surface area contributed by atoms with Crippen molar-refractivity contribution in [2.75, 3.05) is 7.11 Å². The number of hydrogen-bond acceptors (Lipinski definition) is 6. The number of aromatic carboxylic acids is 1. The SMILES string of the molecule is COc1c(C)cc([S+](c2ccccc2)c2ccccc2)cc1C.O=C([O-])c1cc(Oc2ccccc2)c(Oc2ccccc2)c(Oc2ccccc2)c1-c1ccccc1. The van der Waals surface area contributed by atoms with E-state index in [1.165, 1.54) is 31.9 Å². The molecular weight excluding hydrogens is 753 g/mol. The normalized spacial score (nSPS) is 10.6. The molecule has 59 heavy (non-hydrogen) atoms. The van der Waals surface area contributed by atoms with Crippen molar-refractivity contribution < 1.29 is 28.8 Å². The standard InChI is InChI=1S/C31H22O5.C21H21OS/c32-31(33)26-21-27(34-23-15-7-2-8-16-23)29(35-24-17-9-3-10-18-24)30(36-25-19-11-4-12-20-25)28(26)22-13-5-1-6-14-22;1-16-14-20(15-17(2)21(16)22-3)23(18-10-6-4-7-11-18)19-12-8-5-9-13-19/h1-21H,(H,32,33);4-15H,1-3H3/q;+1/p-1. The minimum Gasteiger partial charge on any atom is -0.545 e. The number of aryl methyl sites for hydroxylation is 2. The van der Waals surface area contributed by atoms with Gasteiger partial charge >= 0.3 is 0 Å². The quantitative estimate of drug-likeness (QED) is 0.115. The fourth-order valence-corrected chi connectivity index (χ4v) is 8.90. The Bertz CT molecular complexity index is 2520.